The number of pyridine rings is 1. The van der Waals surface area contributed by atoms with E-state index in [1.807, 2.05) is 36.5 Å². The molecule has 0 radical (unpaired) electrons. The van der Waals surface area contributed by atoms with Gasteiger partial charge in [-0.3, -0.25) is 5.01 Å². The highest BCUT2D eigenvalue weighted by molar-refractivity contribution is 5.93. The average molecular weight is 455 g/mol. The number of fused-ring (bicyclic) bond motifs is 1. The Hall–Kier alpha value is -3.27. The smallest absolute Gasteiger partial charge is 0.209 e. The lowest BCUT2D eigenvalue weighted by molar-refractivity contribution is -0.697. The minimum atomic E-state index is 0.140. The molecule has 176 valence electrons. The molecule has 0 fully saturated rings. The van der Waals surface area contributed by atoms with Gasteiger partial charge in [0.05, 0.1) is 17.3 Å². The minimum Gasteiger partial charge on any atom is -0.269 e. The molecule has 0 saturated heterocycles. The third kappa shape index (κ3) is 5.44. The molecule has 0 atom stereocenters. The van der Waals surface area contributed by atoms with Crippen molar-refractivity contribution in [3.63, 3.8) is 0 Å². The molecule has 4 rings (SSSR count). The molecular weight excluding hydrogens is 416 g/mol. The van der Waals surface area contributed by atoms with Crippen molar-refractivity contribution in [3.8, 4) is 0 Å². The van der Waals surface area contributed by atoms with Gasteiger partial charge in [0.1, 0.15) is 13.1 Å². The zero-order chi connectivity index (χ0) is 24.0. The van der Waals surface area contributed by atoms with Gasteiger partial charge in [0.15, 0.2) is 18.1 Å². The summed E-state index contributed by atoms with van der Waals surface area (Å²) < 4.78 is 4.81. The van der Waals surface area contributed by atoms with Crippen LogP contribution in [0.2, 0.25) is 0 Å². The van der Waals surface area contributed by atoms with Crippen LogP contribution in [-0.2, 0) is 12.0 Å². The van der Waals surface area contributed by atoms with Crippen molar-refractivity contribution in [1.29, 1.82) is 0 Å². The van der Waals surface area contributed by atoms with Crippen molar-refractivity contribution < 1.29 is 9.14 Å². The maximum absolute atomic E-state index is 4.54. The Morgan fingerprint density at radius 3 is 2.21 bits per heavy atom. The summed E-state index contributed by atoms with van der Waals surface area (Å²) in [6, 6.07) is 23.3. The molecule has 0 N–H and O–H groups in total. The molecule has 4 nitrogen and oxygen atoms in total. The quantitative estimate of drug-likeness (QED) is 0.157. The lowest BCUT2D eigenvalue weighted by Gasteiger charge is -2.14. The van der Waals surface area contributed by atoms with E-state index in [0.717, 1.165) is 24.3 Å². The van der Waals surface area contributed by atoms with Crippen LogP contribution in [0.4, 0.5) is 11.4 Å². The van der Waals surface area contributed by atoms with E-state index in [-0.39, 0.29) is 5.41 Å². The third-order valence-electron chi connectivity index (χ3n) is 7.15. The van der Waals surface area contributed by atoms with Gasteiger partial charge in [0.25, 0.3) is 0 Å². The molecule has 0 spiro atoms. The van der Waals surface area contributed by atoms with Crippen LogP contribution >= 0.6 is 0 Å². The second-order valence-corrected chi connectivity index (χ2v) is 9.77. The fourth-order valence-corrected chi connectivity index (χ4v) is 4.72. The summed E-state index contributed by atoms with van der Waals surface area (Å²) in [4.78, 5) is 0. The Morgan fingerprint density at radius 1 is 0.824 bits per heavy atom. The normalized spacial score (nSPS) is 14.6. The standard InChI is InChI=1S/C30H38N4/c1-25-30(2,3)28-16-10-11-17-29(28)34(25)21-13-6-5-12-20-33-22-18-26(19-23-33)24-31-32(4)27-14-8-7-9-15-27/h7-11,14-19,22-24H,5-6,12-13,20-21H2,1-4H3/q+2. The van der Waals surface area contributed by atoms with Gasteiger partial charge < -0.3 is 0 Å². The summed E-state index contributed by atoms with van der Waals surface area (Å²) >= 11 is 0. The summed E-state index contributed by atoms with van der Waals surface area (Å²) in [5.74, 6) is 0. The molecule has 3 aromatic rings. The number of anilines is 1. The molecule has 0 aliphatic carbocycles. The Labute approximate surface area is 204 Å². The summed E-state index contributed by atoms with van der Waals surface area (Å²) in [6.07, 6.45) is 11.2. The molecule has 34 heavy (non-hydrogen) atoms. The van der Waals surface area contributed by atoms with Crippen LogP contribution < -0.4 is 9.58 Å². The second-order valence-electron chi connectivity index (χ2n) is 9.77. The number of unbranched alkanes of at least 4 members (excludes halogenated alkanes) is 3. The topological polar surface area (TPSA) is 22.5 Å². The molecule has 0 unspecified atom stereocenters. The Bertz CT molecular complexity index is 1140. The van der Waals surface area contributed by atoms with Crippen molar-refractivity contribution in [2.24, 2.45) is 5.10 Å². The van der Waals surface area contributed by atoms with E-state index in [1.54, 1.807) is 0 Å². The van der Waals surface area contributed by atoms with Crippen molar-refractivity contribution in [1.82, 2.24) is 0 Å². The summed E-state index contributed by atoms with van der Waals surface area (Å²) in [5.41, 5.74) is 6.67. The van der Waals surface area contributed by atoms with E-state index in [0.29, 0.717) is 0 Å². The number of aromatic nitrogens is 1. The molecule has 1 aliphatic rings. The number of para-hydroxylation sites is 2. The first-order valence-corrected chi connectivity index (χ1v) is 12.5. The number of nitrogens with zero attached hydrogens (tertiary/aromatic N) is 4. The molecular formula is C30H38N4+2. The minimum absolute atomic E-state index is 0.140. The van der Waals surface area contributed by atoms with Gasteiger partial charge in [-0.05, 0) is 38.8 Å². The van der Waals surface area contributed by atoms with Crippen molar-refractivity contribution in [2.45, 2.75) is 58.4 Å². The SMILES string of the molecule is CC1=[N+](CCCCCC[n+]2ccc(/C=N/N(C)c3ccccc3)cc2)c2ccccc2C1(C)C. The third-order valence-corrected chi connectivity index (χ3v) is 7.15. The van der Waals surface area contributed by atoms with Crippen molar-refractivity contribution >= 4 is 23.3 Å². The van der Waals surface area contributed by atoms with E-state index < -0.39 is 0 Å². The van der Waals surface area contributed by atoms with Gasteiger partial charge in [0.2, 0.25) is 5.69 Å². The van der Waals surface area contributed by atoms with Crippen LogP contribution in [0.5, 0.6) is 0 Å². The van der Waals surface area contributed by atoms with Crippen LogP contribution in [-0.4, -0.2) is 30.1 Å². The fourth-order valence-electron chi connectivity index (χ4n) is 4.72. The molecule has 0 amide bonds. The van der Waals surface area contributed by atoms with E-state index >= 15 is 0 Å². The largest absolute Gasteiger partial charge is 0.269 e. The molecule has 1 aromatic heterocycles. The highest BCUT2D eigenvalue weighted by atomic mass is 15.4. The van der Waals surface area contributed by atoms with Gasteiger partial charge >= 0.3 is 0 Å². The van der Waals surface area contributed by atoms with Gasteiger partial charge in [-0.1, -0.05) is 36.4 Å². The number of hydrogen-bond donors (Lipinski definition) is 0. The average Bonchev–Trinajstić information content (AvgIpc) is 3.06. The molecule has 1 aliphatic heterocycles. The number of hydrazone groups is 1. The fraction of sp³-hybridized carbons (Fsp3) is 0.367. The van der Waals surface area contributed by atoms with Crippen molar-refractivity contribution in [2.75, 3.05) is 18.6 Å². The predicted molar refractivity (Wildman–Crippen MR) is 142 cm³/mol. The molecule has 2 heterocycles. The summed E-state index contributed by atoms with van der Waals surface area (Å²) in [5, 5.41) is 6.44. The van der Waals surface area contributed by atoms with Gasteiger partial charge in [-0.15, -0.1) is 0 Å². The maximum Gasteiger partial charge on any atom is 0.209 e. The predicted octanol–water partition coefficient (Wildman–Crippen LogP) is 6.10. The van der Waals surface area contributed by atoms with Gasteiger partial charge in [0, 0.05) is 56.1 Å². The van der Waals surface area contributed by atoms with E-state index in [4.69, 9.17) is 0 Å². The second kappa shape index (κ2) is 10.8. The van der Waals surface area contributed by atoms with Crippen LogP contribution in [0.25, 0.3) is 0 Å². The van der Waals surface area contributed by atoms with Crippen LogP contribution in [0.1, 0.15) is 57.6 Å². The van der Waals surface area contributed by atoms with Crippen LogP contribution in [0.3, 0.4) is 0 Å². The summed E-state index contributed by atoms with van der Waals surface area (Å²) in [7, 11) is 1.97. The molecule has 2 aromatic carbocycles. The first-order chi connectivity index (χ1) is 16.5. The van der Waals surface area contributed by atoms with E-state index in [2.05, 4.69) is 95.9 Å². The van der Waals surface area contributed by atoms with E-state index in [9.17, 15) is 0 Å². The Balaban J connectivity index is 1.19. The molecule has 0 saturated carbocycles. The monoisotopic (exact) mass is 454 g/mol. The zero-order valence-corrected chi connectivity index (χ0v) is 21.1. The number of aryl methyl sites for hydroxylation is 1. The van der Waals surface area contributed by atoms with Gasteiger partial charge in [-0.2, -0.15) is 9.68 Å². The number of rotatable bonds is 10. The van der Waals surface area contributed by atoms with E-state index in [1.165, 1.54) is 42.6 Å². The Kier molecular flexibility index (Phi) is 7.56. The number of benzene rings is 2. The zero-order valence-electron chi connectivity index (χ0n) is 21.1. The van der Waals surface area contributed by atoms with Crippen molar-refractivity contribution in [3.05, 3.63) is 90.3 Å². The van der Waals surface area contributed by atoms with Crippen LogP contribution in [0.15, 0.2) is 84.2 Å². The lowest BCUT2D eigenvalue weighted by Crippen LogP contribution is -2.32. The molecule has 0 bridgehead atoms. The Morgan fingerprint density at radius 2 is 1.47 bits per heavy atom. The summed E-state index contributed by atoms with van der Waals surface area (Å²) in [6.45, 7) is 9.16. The lowest BCUT2D eigenvalue weighted by atomic mass is 9.82. The molecule has 4 heteroatoms. The highest BCUT2D eigenvalue weighted by Crippen LogP contribution is 2.39. The van der Waals surface area contributed by atoms with Gasteiger partial charge in [-0.25, -0.2) is 4.57 Å². The van der Waals surface area contributed by atoms with Crippen LogP contribution in [0, 0.1) is 0 Å². The first kappa shape index (κ1) is 23.9. The number of hydrogen-bond acceptors (Lipinski definition) is 2. The first-order valence-electron chi connectivity index (χ1n) is 12.5. The highest BCUT2D eigenvalue weighted by Gasteiger charge is 2.42. The maximum atomic E-state index is 4.54.